The first-order chi connectivity index (χ1) is 17.4. The molecule has 4 rings (SSSR count). The van der Waals surface area contributed by atoms with Gasteiger partial charge in [0, 0.05) is 11.4 Å². The highest BCUT2D eigenvalue weighted by Gasteiger charge is 2.36. The van der Waals surface area contributed by atoms with Gasteiger partial charge in [0.2, 0.25) is 11.1 Å². The Morgan fingerprint density at radius 2 is 1.94 bits per heavy atom. The van der Waals surface area contributed by atoms with Crippen molar-refractivity contribution >= 4 is 23.7 Å². The first kappa shape index (κ1) is 25.6. The van der Waals surface area contributed by atoms with Crippen molar-refractivity contribution in [3.05, 3.63) is 70.9 Å². The van der Waals surface area contributed by atoms with E-state index in [0.29, 0.717) is 33.9 Å². The van der Waals surface area contributed by atoms with Crippen LogP contribution in [-0.2, 0) is 16.1 Å². The molecule has 8 nitrogen and oxygen atoms in total. The second-order valence-electron chi connectivity index (χ2n) is 8.72. The zero-order valence-electron chi connectivity index (χ0n) is 21.3. The van der Waals surface area contributed by atoms with Crippen LogP contribution in [0.3, 0.4) is 0 Å². The van der Waals surface area contributed by atoms with Gasteiger partial charge >= 0.3 is 5.97 Å². The fourth-order valence-electron chi connectivity index (χ4n) is 3.96. The van der Waals surface area contributed by atoms with Gasteiger partial charge in [0.1, 0.15) is 12.6 Å². The minimum atomic E-state index is -0.546. The Balaban J connectivity index is 1.73. The summed E-state index contributed by atoms with van der Waals surface area (Å²) in [6.45, 7) is 8.07. The Kier molecular flexibility index (Phi) is 8.20. The van der Waals surface area contributed by atoms with Crippen LogP contribution in [0.2, 0.25) is 0 Å². The molecule has 1 aromatic heterocycles. The van der Waals surface area contributed by atoms with E-state index in [0.717, 1.165) is 23.3 Å². The summed E-state index contributed by atoms with van der Waals surface area (Å²) >= 11 is 1.58. The lowest BCUT2D eigenvalue weighted by molar-refractivity contribution is -0.140. The normalized spacial score (nSPS) is 14.9. The van der Waals surface area contributed by atoms with Crippen LogP contribution >= 0.6 is 11.8 Å². The predicted octanol–water partition coefficient (Wildman–Crippen LogP) is 5.61. The van der Waals surface area contributed by atoms with E-state index in [9.17, 15) is 4.79 Å². The molecule has 1 aliphatic rings. The van der Waals surface area contributed by atoms with Crippen LogP contribution < -0.4 is 14.8 Å². The van der Waals surface area contributed by atoms with Crippen LogP contribution in [0.4, 0.5) is 5.95 Å². The van der Waals surface area contributed by atoms with E-state index < -0.39 is 12.0 Å². The number of allylic oxidation sites excluding steroid dienone is 1. The number of anilines is 1. The number of fused-ring (bicyclic) bond motifs is 1. The molecule has 36 heavy (non-hydrogen) atoms. The van der Waals surface area contributed by atoms with Crippen molar-refractivity contribution in [3.8, 4) is 11.5 Å². The first-order valence-corrected chi connectivity index (χ1v) is 13.0. The molecule has 0 aliphatic carbocycles. The van der Waals surface area contributed by atoms with Crippen LogP contribution in [0.25, 0.3) is 0 Å². The van der Waals surface area contributed by atoms with E-state index in [1.54, 1.807) is 23.6 Å². The third kappa shape index (κ3) is 5.67. The van der Waals surface area contributed by atoms with Gasteiger partial charge in [-0.15, -0.1) is 5.10 Å². The average Bonchev–Trinajstić information content (AvgIpc) is 3.28. The summed E-state index contributed by atoms with van der Waals surface area (Å²) in [5.74, 6) is 2.28. The number of rotatable bonds is 10. The number of carbonyl (C=O) groups excluding carboxylic acids is 1. The average molecular weight is 509 g/mol. The number of nitrogens with zero attached hydrogens (tertiary/aromatic N) is 3. The van der Waals surface area contributed by atoms with Crippen molar-refractivity contribution in [2.75, 3.05) is 18.2 Å². The van der Waals surface area contributed by atoms with Crippen molar-refractivity contribution in [2.45, 2.75) is 58.0 Å². The van der Waals surface area contributed by atoms with Crippen molar-refractivity contribution in [1.82, 2.24) is 14.8 Å². The molecule has 190 valence electrons. The molecule has 2 aromatic carbocycles. The van der Waals surface area contributed by atoms with Gasteiger partial charge in [-0.05, 0) is 50.5 Å². The van der Waals surface area contributed by atoms with Gasteiger partial charge in [-0.3, -0.25) is 0 Å². The smallest absolute Gasteiger partial charge is 0.338 e. The Hall–Kier alpha value is -3.46. The Labute approximate surface area is 216 Å². The molecule has 0 saturated heterocycles. The summed E-state index contributed by atoms with van der Waals surface area (Å²) in [5, 5.41) is 8.66. The second-order valence-corrected chi connectivity index (χ2v) is 9.78. The molecule has 3 aromatic rings. The fraction of sp³-hybridized carbons (Fsp3) is 0.370. The molecule has 0 radical (unpaired) electrons. The standard InChI is InChI=1S/C27H32N4O4S/c1-6-14-36-27-29-26-28-18(4)23(25(32)34-16-19-10-8-7-9-11-19)24(31(26)30-27)20-12-13-21(35-17(2)3)22(15-20)33-5/h7-13,15,17,24H,6,14,16H2,1-5H3,(H,28,29,30). The fourth-order valence-corrected chi connectivity index (χ4v) is 4.65. The molecule has 9 heteroatoms. The molecule has 0 bridgehead atoms. The maximum atomic E-state index is 13.5. The third-order valence-corrected chi connectivity index (χ3v) is 6.61. The SMILES string of the molecule is CCCSc1nc2n(n1)C(c1ccc(OC(C)C)c(OC)c1)C(C(=O)OCc1ccccc1)=C(C)N2. The highest BCUT2D eigenvalue weighted by atomic mass is 32.2. The van der Waals surface area contributed by atoms with Gasteiger partial charge in [0.25, 0.3) is 0 Å². The lowest BCUT2D eigenvalue weighted by Crippen LogP contribution is -2.29. The van der Waals surface area contributed by atoms with Crippen LogP contribution in [0, 0.1) is 0 Å². The van der Waals surface area contributed by atoms with E-state index >= 15 is 0 Å². The van der Waals surface area contributed by atoms with Crippen molar-refractivity contribution in [2.24, 2.45) is 0 Å². The first-order valence-electron chi connectivity index (χ1n) is 12.0. The van der Waals surface area contributed by atoms with Gasteiger partial charge in [-0.2, -0.15) is 4.98 Å². The Bertz CT molecular complexity index is 1240. The summed E-state index contributed by atoms with van der Waals surface area (Å²) in [7, 11) is 1.60. The van der Waals surface area contributed by atoms with Crippen molar-refractivity contribution in [3.63, 3.8) is 0 Å². The number of thioether (sulfide) groups is 1. The number of aromatic nitrogens is 3. The lowest BCUT2D eigenvalue weighted by atomic mass is 9.95. The topological polar surface area (TPSA) is 87.5 Å². The molecule has 1 atom stereocenters. The number of nitrogens with one attached hydrogen (secondary N) is 1. The van der Waals surface area contributed by atoms with E-state index in [-0.39, 0.29) is 12.7 Å². The van der Waals surface area contributed by atoms with E-state index in [4.69, 9.17) is 19.3 Å². The maximum absolute atomic E-state index is 13.5. The predicted molar refractivity (Wildman–Crippen MR) is 140 cm³/mol. The second kappa shape index (κ2) is 11.5. The number of benzene rings is 2. The highest BCUT2D eigenvalue weighted by Crippen LogP contribution is 2.40. The maximum Gasteiger partial charge on any atom is 0.338 e. The summed E-state index contributed by atoms with van der Waals surface area (Å²) < 4.78 is 19.0. The molecular formula is C27H32N4O4S. The number of hydrogen-bond donors (Lipinski definition) is 1. The van der Waals surface area contributed by atoms with E-state index in [1.807, 2.05) is 69.3 Å². The van der Waals surface area contributed by atoms with Crippen LogP contribution in [0.1, 0.15) is 51.3 Å². The van der Waals surface area contributed by atoms with E-state index in [2.05, 4.69) is 17.2 Å². The van der Waals surface area contributed by atoms with Gasteiger partial charge in [-0.1, -0.05) is 55.1 Å². The number of esters is 1. The van der Waals surface area contributed by atoms with Gasteiger partial charge in [0.15, 0.2) is 11.5 Å². The highest BCUT2D eigenvalue weighted by molar-refractivity contribution is 7.99. The Morgan fingerprint density at radius 3 is 2.64 bits per heavy atom. The number of methoxy groups -OCH3 is 1. The largest absolute Gasteiger partial charge is 0.493 e. The van der Waals surface area contributed by atoms with E-state index in [1.165, 1.54) is 0 Å². The summed E-state index contributed by atoms with van der Waals surface area (Å²) in [4.78, 5) is 18.1. The summed E-state index contributed by atoms with van der Waals surface area (Å²) in [6, 6.07) is 14.8. The van der Waals surface area contributed by atoms with Crippen molar-refractivity contribution in [1.29, 1.82) is 0 Å². The van der Waals surface area contributed by atoms with Gasteiger partial charge in [-0.25, -0.2) is 9.48 Å². The molecule has 1 aliphatic heterocycles. The Morgan fingerprint density at radius 1 is 1.17 bits per heavy atom. The molecule has 2 heterocycles. The molecule has 0 amide bonds. The van der Waals surface area contributed by atoms with Crippen LogP contribution in [-0.4, -0.2) is 39.7 Å². The lowest BCUT2D eigenvalue weighted by Gasteiger charge is -2.28. The minimum Gasteiger partial charge on any atom is -0.493 e. The zero-order chi connectivity index (χ0) is 25.7. The zero-order valence-corrected chi connectivity index (χ0v) is 22.1. The molecule has 1 N–H and O–H groups in total. The van der Waals surface area contributed by atoms with Gasteiger partial charge < -0.3 is 19.5 Å². The summed E-state index contributed by atoms with van der Waals surface area (Å²) in [6.07, 6.45) is 1.00. The number of ether oxygens (including phenoxy) is 3. The van der Waals surface area contributed by atoms with Gasteiger partial charge in [0.05, 0.1) is 18.8 Å². The quantitative estimate of drug-likeness (QED) is 0.279. The van der Waals surface area contributed by atoms with Crippen LogP contribution in [0.5, 0.6) is 11.5 Å². The molecule has 0 fully saturated rings. The molecule has 0 spiro atoms. The number of hydrogen-bond acceptors (Lipinski definition) is 8. The molecular weight excluding hydrogens is 476 g/mol. The summed E-state index contributed by atoms with van der Waals surface area (Å²) in [5.41, 5.74) is 2.87. The molecule has 0 saturated carbocycles. The monoisotopic (exact) mass is 508 g/mol. The third-order valence-electron chi connectivity index (χ3n) is 5.57. The number of carbonyl (C=O) groups is 1. The van der Waals surface area contributed by atoms with Crippen molar-refractivity contribution < 1.29 is 19.0 Å². The minimum absolute atomic E-state index is 0.00522. The molecule has 1 unspecified atom stereocenters. The van der Waals surface area contributed by atoms with Crippen LogP contribution in [0.15, 0.2) is 65.0 Å².